The molecule has 1 fully saturated rings. The van der Waals surface area contributed by atoms with Crippen LogP contribution in [0.3, 0.4) is 0 Å². The standard InChI is InChI=1S/C27H29N5O2/c1-21(19-22-7-3-2-4-8-22)20-29-13-15-30(16-14-29)24-10-5-9-23-25(24)27(34)32(26(23)33)18-17-31-12-6-11-28-31/h2-12,19H,13-18,20H2,1H3. The quantitative estimate of drug-likeness (QED) is 0.511. The first-order chi connectivity index (χ1) is 16.6. The second-order valence-corrected chi connectivity index (χ2v) is 8.90. The Morgan fingerprint density at radius 2 is 1.71 bits per heavy atom. The third kappa shape index (κ3) is 4.52. The fourth-order valence-corrected chi connectivity index (χ4v) is 4.80. The molecule has 2 aliphatic heterocycles. The number of nitrogens with zero attached hydrogens (tertiary/aromatic N) is 5. The summed E-state index contributed by atoms with van der Waals surface area (Å²) >= 11 is 0. The minimum atomic E-state index is -0.214. The first kappa shape index (κ1) is 22.1. The van der Waals surface area contributed by atoms with Crippen LogP contribution in [0.5, 0.6) is 0 Å². The van der Waals surface area contributed by atoms with Crippen LogP contribution in [0.25, 0.3) is 6.08 Å². The number of carbonyl (C=O) groups is 2. The summed E-state index contributed by atoms with van der Waals surface area (Å²) in [6, 6.07) is 17.8. The van der Waals surface area contributed by atoms with Crippen LogP contribution in [-0.4, -0.2) is 70.7 Å². The second kappa shape index (κ2) is 9.65. The molecular weight excluding hydrogens is 426 g/mol. The average molecular weight is 456 g/mol. The number of aromatic nitrogens is 2. The molecule has 3 heterocycles. The van der Waals surface area contributed by atoms with Gasteiger partial charge in [0.2, 0.25) is 0 Å². The van der Waals surface area contributed by atoms with E-state index in [1.54, 1.807) is 16.9 Å². The number of hydrogen-bond acceptors (Lipinski definition) is 5. The third-order valence-corrected chi connectivity index (χ3v) is 6.49. The number of hydrogen-bond donors (Lipinski definition) is 0. The number of imide groups is 1. The molecule has 7 nitrogen and oxygen atoms in total. The normalized spacial score (nSPS) is 16.9. The lowest BCUT2D eigenvalue weighted by molar-refractivity contribution is 0.0647. The van der Waals surface area contributed by atoms with Gasteiger partial charge in [0.15, 0.2) is 0 Å². The van der Waals surface area contributed by atoms with E-state index >= 15 is 0 Å². The van der Waals surface area contributed by atoms with Crippen LogP contribution in [0.1, 0.15) is 33.2 Å². The molecule has 0 spiro atoms. The van der Waals surface area contributed by atoms with Crippen LogP contribution < -0.4 is 4.90 Å². The Labute approximate surface area is 199 Å². The highest BCUT2D eigenvalue weighted by Gasteiger charge is 2.38. The molecule has 1 aromatic heterocycles. The van der Waals surface area contributed by atoms with Gasteiger partial charge in [0, 0.05) is 51.7 Å². The molecule has 2 aliphatic rings. The molecule has 2 amide bonds. The first-order valence-electron chi connectivity index (χ1n) is 11.8. The van der Waals surface area contributed by atoms with Crippen molar-refractivity contribution >= 4 is 23.6 Å². The Hall–Kier alpha value is -3.71. The maximum Gasteiger partial charge on any atom is 0.263 e. The summed E-state index contributed by atoms with van der Waals surface area (Å²) in [5.41, 5.74) is 4.47. The highest BCUT2D eigenvalue weighted by molar-refractivity contribution is 6.23. The highest BCUT2D eigenvalue weighted by Crippen LogP contribution is 2.32. The van der Waals surface area contributed by atoms with Crippen LogP contribution in [0.15, 0.2) is 72.6 Å². The lowest BCUT2D eigenvalue weighted by Crippen LogP contribution is -2.47. The van der Waals surface area contributed by atoms with Crippen LogP contribution in [0, 0.1) is 0 Å². The fraction of sp³-hybridized carbons (Fsp3) is 0.296. The van der Waals surface area contributed by atoms with Gasteiger partial charge in [-0.2, -0.15) is 5.10 Å². The Morgan fingerprint density at radius 1 is 0.912 bits per heavy atom. The summed E-state index contributed by atoms with van der Waals surface area (Å²) < 4.78 is 1.73. The largest absolute Gasteiger partial charge is 0.368 e. The van der Waals surface area contributed by atoms with Crippen molar-refractivity contribution in [2.45, 2.75) is 13.5 Å². The van der Waals surface area contributed by atoms with E-state index in [0.29, 0.717) is 24.2 Å². The van der Waals surface area contributed by atoms with Gasteiger partial charge in [-0.1, -0.05) is 48.0 Å². The molecule has 7 heteroatoms. The van der Waals surface area contributed by atoms with E-state index in [2.05, 4.69) is 52.2 Å². The zero-order valence-corrected chi connectivity index (χ0v) is 19.4. The molecule has 0 radical (unpaired) electrons. The van der Waals surface area contributed by atoms with Gasteiger partial charge in [0.05, 0.1) is 23.4 Å². The first-order valence-corrected chi connectivity index (χ1v) is 11.8. The van der Waals surface area contributed by atoms with Crippen molar-refractivity contribution < 1.29 is 9.59 Å². The maximum absolute atomic E-state index is 13.2. The third-order valence-electron chi connectivity index (χ3n) is 6.49. The number of piperazine rings is 1. The van der Waals surface area contributed by atoms with Crippen molar-refractivity contribution in [3.05, 3.63) is 89.3 Å². The monoisotopic (exact) mass is 455 g/mol. The fourth-order valence-electron chi connectivity index (χ4n) is 4.80. The van der Waals surface area contributed by atoms with Crippen molar-refractivity contribution in [1.29, 1.82) is 0 Å². The predicted octanol–water partition coefficient (Wildman–Crippen LogP) is 3.40. The van der Waals surface area contributed by atoms with Gasteiger partial charge < -0.3 is 4.90 Å². The van der Waals surface area contributed by atoms with Gasteiger partial charge in [-0.05, 0) is 30.7 Å². The van der Waals surface area contributed by atoms with Crippen molar-refractivity contribution in [1.82, 2.24) is 19.6 Å². The van der Waals surface area contributed by atoms with E-state index in [-0.39, 0.29) is 11.8 Å². The lowest BCUT2D eigenvalue weighted by Gasteiger charge is -2.37. The van der Waals surface area contributed by atoms with Gasteiger partial charge in [0.25, 0.3) is 11.8 Å². The number of benzene rings is 2. The van der Waals surface area contributed by atoms with E-state index in [1.807, 2.05) is 30.5 Å². The predicted molar refractivity (Wildman–Crippen MR) is 133 cm³/mol. The second-order valence-electron chi connectivity index (χ2n) is 8.90. The van der Waals surface area contributed by atoms with Crippen molar-refractivity contribution in [3.8, 4) is 0 Å². The summed E-state index contributed by atoms with van der Waals surface area (Å²) in [5, 5.41) is 4.17. The number of carbonyl (C=O) groups excluding carboxylic acids is 2. The van der Waals surface area contributed by atoms with Crippen LogP contribution in [0.2, 0.25) is 0 Å². The average Bonchev–Trinajstić information content (AvgIpc) is 3.46. The van der Waals surface area contributed by atoms with Gasteiger partial charge in [-0.3, -0.25) is 24.1 Å². The van der Waals surface area contributed by atoms with Gasteiger partial charge in [-0.15, -0.1) is 0 Å². The van der Waals surface area contributed by atoms with Gasteiger partial charge in [-0.25, -0.2) is 0 Å². The number of fused-ring (bicyclic) bond motifs is 1. The van der Waals surface area contributed by atoms with Crippen LogP contribution in [-0.2, 0) is 6.54 Å². The molecule has 0 atom stereocenters. The molecule has 0 bridgehead atoms. The van der Waals surface area contributed by atoms with E-state index in [0.717, 1.165) is 38.4 Å². The Balaban J connectivity index is 1.24. The molecule has 0 unspecified atom stereocenters. The van der Waals surface area contributed by atoms with Crippen molar-refractivity contribution in [2.24, 2.45) is 0 Å². The molecule has 5 rings (SSSR count). The number of rotatable bonds is 7. The van der Waals surface area contributed by atoms with E-state index in [4.69, 9.17) is 0 Å². The Kier molecular flexibility index (Phi) is 6.27. The highest BCUT2D eigenvalue weighted by atomic mass is 16.2. The summed E-state index contributed by atoms with van der Waals surface area (Å²) in [6.07, 6.45) is 5.76. The van der Waals surface area contributed by atoms with Gasteiger partial charge >= 0.3 is 0 Å². The molecule has 2 aromatic carbocycles. The van der Waals surface area contributed by atoms with Crippen molar-refractivity contribution in [3.63, 3.8) is 0 Å². The summed E-state index contributed by atoms with van der Waals surface area (Å²) in [4.78, 5) is 32.2. The molecule has 174 valence electrons. The SMILES string of the molecule is CC(=Cc1ccccc1)CN1CCN(c2cccc3c2C(=O)N(CCn2cccn2)C3=O)CC1. The molecule has 1 saturated heterocycles. The topological polar surface area (TPSA) is 61.7 Å². The van der Waals surface area contributed by atoms with E-state index < -0.39 is 0 Å². The number of anilines is 1. The lowest BCUT2D eigenvalue weighted by atomic mass is 10.1. The summed E-state index contributed by atoms with van der Waals surface area (Å²) in [6.45, 7) is 7.37. The molecule has 0 aliphatic carbocycles. The zero-order chi connectivity index (χ0) is 23.5. The maximum atomic E-state index is 13.2. The smallest absolute Gasteiger partial charge is 0.263 e. The zero-order valence-electron chi connectivity index (χ0n) is 19.4. The van der Waals surface area contributed by atoms with Crippen LogP contribution in [0.4, 0.5) is 5.69 Å². The Bertz CT molecular complexity index is 1200. The van der Waals surface area contributed by atoms with Crippen molar-refractivity contribution in [2.75, 3.05) is 44.2 Å². The minimum Gasteiger partial charge on any atom is -0.368 e. The molecule has 34 heavy (non-hydrogen) atoms. The number of amides is 2. The Morgan fingerprint density at radius 3 is 2.44 bits per heavy atom. The summed E-state index contributed by atoms with van der Waals surface area (Å²) in [5.74, 6) is -0.416. The van der Waals surface area contributed by atoms with Gasteiger partial charge in [0.1, 0.15) is 0 Å². The van der Waals surface area contributed by atoms with E-state index in [9.17, 15) is 9.59 Å². The molecule has 0 N–H and O–H groups in total. The molecular formula is C27H29N5O2. The molecule has 0 saturated carbocycles. The molecule has 3 aromatic rings. The summed E-state index contributed by atoms with van der Waals surface area (Å²) in [7, 11) is 0. The van der Waals surface area contributed by atoms with Crippen LogP contribution >= 0.6 is 0 Å². The van der Waals surface area contributed by atoms with E-state index in [1.165, 1.54) is 16.0 Å². The minimum absolute atomic E-state index is 0.202.